The van der Waals surface area contributed by atoms with Crippen LogP contribution in [-0.2, 0) is 0 Å². The van der Waals surface area contributed by atoms with Crippen molar-refractivity contribution >= 4 is 0 Å². The Bertz CT molecular complexity index is 184. The van der Waals surface area contributed by atoms with Gasteiger partial charge in [0, 0.05) is 0 Å². The second-order valence-electron chi connectivity index (χ2n) is 5.99. The zero-order valence-corrected chi connectivity index (χ0v) is 10.1. The molecule has 0 heteroatoms. The number of hydrogen-bond donors (Lipinski definition) is 0. The first-order valence-corrected chi connectivity index (χ1v) is 6.72. The molecule has 0 aliphatic heterocycles. The van der Waals surface area contributed by atoms with E-state index in [0.29, 0.717) is 0 Å². The van der Waals surface area contributed by atoms with Crippen molar-refractivity contribution in [3.05, 3.63) is 0 Å². The van der Waals surface area contributed by atoms with Crippen molar-refractivity contribution in [3.8, 4) is 0 Å². The molecule has 0 bridgehead atoms. The molecule has 2 aliphatic carbocycles. The van der Waals surface area contributed by atoms with Crippen LogP contribution in [0, 0.1) is 29.6 Å². The highest BCUT2D eigenvalue weighted by molar-refractivity contribution is 4.91. The van der Waals surface area contributed by atoms with Gasteiger partial charge in [0.1, 0.15) is 0 Å². The van der Waals surface area contributed by atoms with Crippen molar-refractivity contribution in [3.63, 3.8) is 0 Å². The summed E-state index contributed by atoms with van der Waals surface area (Å²) in [4.78, 5) is 0. The van der Waals surface area contributed by atoms with Crippen molar-refractivity contribution in [1.82, 2.24) is 0 Å². The second kappa shape index (κ2) is 4.24. The van der Waals surface area contributed by atoms with E-state index in [0.717, 1.165) is 29.6 Å². The fourth-order valence-electron chi connectivity index (χ4n) is 4.29. The van der Waals surface area contributed by atoms with Gasteiger partial charge in [0.15, 0.2) is 0 Å². The molecule has 82 valence electrons. The van der Waals surface area contributed by atoms with E-state index < -0.39 is 0 Å². The molecule has 0 spiro atoms. The SMILES string of the molecule is CCCC1CCC2C(C)CC(C)C2C1. The third-order valence-corrected chi connectivity index (χ3v) is 4.97. The maximum Gasteiger partial charge on any atom is -0.0355 e. The lowest BCUT2D eigenvalue weighted by Crippen LogP contribution is -2.25. The summed E-state index contributed by atoms with van der Waals surface area (Å²) >= 11 is 0. The summed E-state index contributed by atoms with van der Waals surface area (Å²) < 4.78 is 0. The smallest absolute Gasteiger partial charge is 0.0355 e. The maximum atomic E-state index is 2.50. The van der Waals surface area contributed by atoms with Gasteiger partial charge in [0.05, 0.1) is 0 Å². The van der Waals surface area contributed by atoms with E-state index in [1.807, 2.05) is 0 Å². The summed E-state index contributed by atoms with van der Waals surface area (Å²) in [7, 11) is 0. The highest BCUT2D eigenvalue weighted by Gasteiger charge is 2.41. The topological polar surface area (TPSA) is 0 Å². The average Bonchev–Trinajstić information content (AvgIpc) is 2.43. The van der Waals surface area contributed by atoms with Crippen LogP contribution in [0.1, 0.15) is 59.3 Å². The zero-order chi connectivity index (χ0) is 10.1. The predicted octanol–water partition coefficient (Wildman–Crippen LogP) is 4.49. The molecule has 0 aromatic heterocycles. The highest BCUT2D eigenvalue weighted by atomic mass is 14.5. The largest absolute Gasteiger partial charge is 0.0654 e. The fourth-order valence-corrected chi connectivity index (χ4v) is 4.29. The molecule has 0 nitrogen and oxygen atoms in total. The van der Waals surface area contributed by atoms with E-state index >= 15 is 0 Å². The van der Waals surface area contributed by atoms with Crippen LogP contribution < -0.4 is 0 Å². The average molecular weight is 194 g/mol. The first-order chi connectivity index (χ1) is 6.72. The molecule has 0 saturated heterocycles. The minimum Gasteiger partial charge on any atom is -0.0654 e. The van der Waals surface area contributed by atoms with Crippen LogP contribution in [0.4, 0.5) is 0 Å². The molecule has 5 atom stereocenters. The van der Waals surface area contributed by atoms with Crippen LogP contribution in [0.25, 0.3) is 0 Å². The first kappa shape index (κ1) is 10.5. The number of fused-ring (bicyclic) bond motifs is 1. The first-order valence-electron chi connectivity index (χ1n) is 6.72. The van der Waals surface area contributed by atoms with Gasteiger partial charge in [0.25, 0.3) is 0 Å². The van der Waals surface area contributed by atoms with Crippen molar-refractivity contribution in [2.75, 3.05) is 0 Å². The molecule has 14 heavy (non-hydrogen) atoms. The Kier molecular flexibility index (Phi) is 3.19. The van der Waals surface area contributed by atoms with Crippen LogP contribution in [-0.4, -0.2) is 0 Å². The lowest BCUT2D eigenvalue weighted by molar-refractivity contribution is 0.155. The van der Waals surface area contributed by atoms with Gasteiger partial charge in [-0.15, -0.1) is 0 Å². The molecule has 2 fully saturated rings. The Balaban J connectivity index is 1.95. The molecule has 0 N–H and O–H groups in total. The van der Waals surface area contributed by atoms with E-state index in [4.69, 9.17) is 0 Å². The fraction of sp³-hybridized carbons (Fsp3) is 1.00. The van der Waals surface area contributed by atoms with Gasteiger partial charge in [0.2, 0.25) is 0 Å². The van der Waals surface area contributed by atoms with Gasteiger partial charge in [-0.05, 0) is 48.9 Å². The summed E-state index contributed by atoms with van der Waals surface area (Å²) in [6, 6.07) is 0. The standard InChI is InChI=1S/C14H26/c1-4-5-12-6-7-13-10(2)8-11(3)14(13)9-12/h10-14H,4-9H2,1-3H3. The minimum absolute atomic E-state index is 1.02. The van der Waals surface area contributed by atoms with Crippen molar-refractivity contribution < 1.29 is 0 Å². The summed E-state index contributed by atoms with van der Waals surface area (Å²) in [6.07, 6.45) is 9.03. The summed E-state index contributed by atoms with van der Waals surface area (Å²) in [5.74, 6) is 5.31. The van der Waals surface area contributed by atoms with Crippen molar-refractivity contribution in [1.29, 1.82) is 0 Å². The second-order valence-corrected chi connectivity index (χ2v) is 5.99. The lowest BCUT2D eigenvalue weighted by atomic mass is 9.71. The van der Waals surface area contributed by atoms with Crippen molar-refractivity contribution in [2.45, 2.75) is 59.3 Å². The molecule has 0 heterocycles. The van der Waals surface area contributed by atoms with Gasteiger partial charge >= 0.3 is 0 Å². The molecule has 2 rings (SSSR count). The Labute approximate surface area is 89.5 Å². The van der Waals surface area contributed by atoms with Gasteiger partial charge in [-0.25, -0.2) is 0 Å². The Morgan fingerprint density at radius 2 is 1.64 bits per heavy atom. The summed E-state index contributed by atoms with van der Waals surface area (Å²) in [5, 5.41) is 0. The molecule has 0 amide bonds. The third kappa shape index (κ3) is 1.85. The van der Waals surface area contributed by atoms with E-state index in [1.165, 1.54) is 25.7 Å². The van der Waals surface area contributed by atoms with E-state index in [1.54, 1.807) is 12.8 Å². The van der Waals surface area contributed by atoms with Crippen LogP contribution in [0.5, 0.6) is 0 Å². The lowest BCUT2D eigenvalue weighted by Gasteiger charge is -2.35. The molecular formula is C14H26. The Morgan fingerprint density at radius 1 is 0.929 bits per heavy atom. The van der Waals surface area contributed by atoms with Gasteiger partial charge in [-0.3, -0.25) is 0 Å². The third-order valence-electron chi connectivity index (χ3n) is 4.97. The Hall–Kier alpha value is 0. The molecule has 5 unspecified atom stereocenters. The molecule has 0 radical (unpaired) electrons. The summed E-state index contributed by atoms with van der Waals surface area (Å²) in [6.45, 7) is 7.32. The minimum atomic E-state index is 1.02. The molecular weight excluding hydrogens is 168 g/mol. The van der Waals surface area contributed by atoms with Crippen LogP contribution in [0.2, 0.25) is 0 Å². The molecule has 2 aliphatic rings. The molecule has 0 aromatic carbocycles. The zero-order valence-electron chi connectivity index (χ0n) is 10.1. The van der Waals surface area contributed by atoms with Gasteiger partial charge < -0.3 is 0 Å². The maximum absolute atomic E-state index is 2.50. The number of hydrogen-bond acceptors (Lipinski definition) is 0. The Morgan fingerprint density at radius 3 is 2.36 bits per heavy atom. The van der Waals surface area contributed by atoms with Crippen LogP contribution >= 0.6 is 0 Å². The number of rotatable bonds is 2. The quantitative estimate of drug-likeness (QED) is 0.607. The summed E-state index contributed by atoms with van der Waals surface area (Å²) in [5.41, 5.74) is 0. The molecule has 2 saturated carbocycles. The normalized spacial score (nSPS) is 47.8. The van der Waals surface area contributed by atoms with E-state index in [2.05, 4.69) is 20.8 Å². The van der Waals surface area contributed by atoms with Crippen molar-refractivity contribution in [2.24, 2.45) is 29.6 Å². The van der Waals surface area contributed by atoms with E-state index in [9.17, 15) is 0 Å². The van der Waals surface area contributed by atoms with Gasteiger partial charge in [-0.2, -0.15) is 0 Å². The van der Waals surface area contributed by atoms with E-state index in [-0.39, 0.29) is 0 Å². The molecule has 0 aromatic rings. The van der Waals surface area contributed by atoms with Crippen LogP contribution in [0.3, 0.4) is 0 Å². The monoisotopic (exact) mass is 194 g/mol. The highest BCUT2D eigenvalue weighted by Crippen LogP contribution is 2.51. The van der Waals surface area contributed by atoms with Crippen LogP contribution in [0.15, 0.2) is 0 Å². The predicted molar refractivity (Wildman–Crippen MR) is 62.2 cm³/mol. The van der Waals surface area contributed by atoms with Gasteiger partial charge in [-0.1, -0.05) is 40.0 Å².